The molecule has 2 N–H and O–H groups in total. The van der Waals surface area contributed by atoms with Crippen molar-refractivity contribution in [2.45, 2.75) is 13.3 Å². The summed E-state index contributed by atoms with van der Waals surface area (Å²) in [5, 5.41) is 0. The van der Waals surface area contributed by atoms with Gasteiger partial charge in [-0.2, -0.15) is 0 Å². The van der Waals surface area contributed by atoms with Crippen molar-refractivity contribution in [3.05, 3.63) is 17.8 Å². The van der Waals surface area contributed by atoms with Crippen molar-refractivity contribution in [2.75, 3.05) is 24.5 Å². The normalized spacial score (nSPS) is 21.0. The summed E-state index contributed by atoms with van der Waals surface area (Å²) in [6.07, 6.45) is 2.42. The molecule has 5 heteroatoms. The molecular formula is C10H15FN4. The van der Waals surface area contributed by atoms with E-state index >= 15 is 0 Å². The number of halogens is 1. The van der Waals surface area contributed by atoms with E-state index in [4.69, 9.17) is 5.73 Å². The van der Waals surface area contributed by atoms with Crippen LogP contribution in [0.25, 0.3) is 0 Å². The van der Waals surface area contributed by atoms with E-state index in [2.05, 4.69) is 9.97 Å². The molecule has 1 aliphatic rings. The van der Waals surface area contributed by atoms with Crippen LogP contribution in [0, 0.1) is 18.7 Å². The molecule has 1 fully saturated rings. The monoisotopic (exact) mass is 210 g/mol. The van der Waals surface area contributed by atoms with E-state index in [0.29, 0.717) is 24.0 Å². The van der Waals surface area contributed by atoms with Gasteiger partial charge in [-0.1, -0.05) is 0 Å². The summed E-state index contributed by atoms with van der Waals surface area (Å²) >= 11 is 0. The maximum absolute atomic E-state index is 13.7. The van der Waals surface area contributed by atoms with Crippen LogP contribution < -0.4 is 10.6 Å². The van der Waals surface area contributed by atoms with Crippen molar-refractivity contribution >= 4 is 5.82 Å². The van der Waals surface area contributed by atoms with Gasteiger partial charge >= 0.3 is 0 Å². The number of nitrogens with zero attached hydrogens (tertiary/aromatic N) is 3. The Balaban J connectivity index is 2.20. The van der Waals surface area contributed by atoms with E-state index in [-0.39, 0.29) is 5.82 Å². The third-order valence-electron chi connectivity index (χ3n) is 2.86. The summed E-state index contributed by atoms with van der Waals surface area (Å²) in [5.74, 6) is 0.563. The van der Waals surface area contributed by atoms with Crippen LogP contribution in [0.3, 0.4) is 0 Å². The number of aromatic nitrogens is 2. The molecule has 0 amide bonds. The first-order valence-corrected chi connectivity index (χ1v) is 5.14. The molecule has 82 valence electrons. The quantitative estimate of drug-likeness (QED) is 0.781. The maximum atomic E-state index is 13.7. The molecule has 0 spiro atoms. The lowest BCUT2D eigenvalue weighted by Gasteiger charge is -2.17. The molecule has 2 heterocycles. The molecule has 15 heavy (non-hydrogen) atoms. The summed E-state index contributed by atoms with van der Waals surface area (Å²) in [4.78, 5) is 9.75. The van der Waals surface area contributed by atoms with Crippen molar-refractivity contribution in [1.29, 1.82) is 0 Å². The second-order valence-electron chi connectivity index (χ2n) is 3.93. The fourth-order valence-corrected chi connectivity index (χ4v) is 1.88. The smallest absolute Gasteiger partial charge is 0.186 e. The predicted octanol–water partition coefficient (Wildman–Crippen LogP) is 0.709. The molecule has 1 aromatic heterocycles. The summed E-state index contributed by atoms with van der Waals surface area (Å²) in [5.41, 5.74) is 5.99. The number of hydrogen-bond donors (Lipinski definition) is 1. The number of nitrogens with two attached hydrogens (primary N) is 1. The minimum Gasteiger partial charge on any atom is -0.354 e. The highest BCUT2D eigenvalue weighted by atomic mass is 19.1. The highest BCUT2D eigenvalue weighted by Crippen LogP contribution is 2.24. The highest BCUT2D eigenvalue weighted by Gasteiger charge is 2.25. The van der Waals surface area contributed by atoms with Gasteiger partial charge in [0.05, 0.1) is 5.69 Å². The lowest BCUT2D eigenvalue weighted by molar-refractivity contribution is 0.586. The first kappa shape index (κ1) is 10.3. The van der Waals surface area contributed by atoms with Gasteiger partial charge in [0.2, 0.25) is 0 Å². The van der Waals surface area contributed by atoms with Gasteiger partial charge in [0, 0.05) is 13.1 Å². The van der Waals surface area contributed by atoms with Gasteiger partial charge in [-0.3, -0.25) is 0 Å². The van der Waals surface area contributed by atoms with Crippen molar-refractivity contribution in [1.82, 2.24) is 9.97 Å². The van der Waals surface area contributed by atoms with Crippen LogP contribution in [0.1, 0.15) is 12.1 Å². The molecule has 0 aliphatic carbocycles. The highest BCUT2D eigenvalue weighted by molar-refractivity contribution is 5.41. The van der Waals surface area contributed by atoms with E-state index in [1.165, 1.54) is 6.33 Å². The van der Waals surface area contributed by atoms with Crippen molar-refractivity contribution in [3.63, 3.8) is 0 Å². The topological polar surface area (TPSA) is 55.0 Å². The van der Waals surface area contributed by atoms with Gasteiger partial charge in [0.1, 0.15) is 6.33 Å². The van der Waals surface area contributed by atoms with Crippen LogP contribution in [-0.2, 0) is 0 Å². The SMILES string of the molecule is Cc1ncnc(N2CCC(CN)C2)c1F. The molecule has 1 aromatic rings. The van der Waals surface area contributed by atoms with E-state index in [9.17, 15) is 4.39 Å². The zero-order valence-corrected chi connectivity index (χ0v) is 8.78. The van der Waals surface area contributed by atoms with Crippen LogP contribution >= 0.6 is 0 Å². The van der Waals surface area contributed by atoms with Gasteiger partial charge in [-0.05, 0) is 25.8 Å². The molecule has 1 aliphatic heterocycles. The van der Waals surface area contributed by atoms with Crippen molar-refractivity contribution in [3.8, 4) is 0 Å². The molecule has 2 rings (SSSR count). The predicted molar refractivity (Wildman–Crippen MR) is 56.1 cm³/mol. The second-order valence-corrected chi connectivity index (χ2v) is 3.93. The van der Waals surface area contributed by atoms with Crippen LogP contribution in [-0.4, -0.2) is 29.6 Å². The molecule has 1 unspecified atom stereocenters. The summed E-state index contributed by atoms with van der Waals surface area (Å²) < 4.78 is 13.7. The van der Waals surface area contributed by atoms with Crippen molar-refractivity contribution in [2.24, 2.45) is 11.7 Å². The fourth-order valence-electron chi connectivity index (χ4n) is 1.88. The van der Waals surface area contributed by atoms with Crippen LogP contribution in [0.2, 0.25) is 0 Å². The van der Waals surface area contributed by atoms with Gasteiger partial charge in [0.15, 0.2) is 11.6 Å². The fraction of sp³-hybridized carbons (Fsp3) is 0.600. The third kappa shape index (κ3) is 1.92. The Morgan fingerprint density at radius 2 is 2.40 bits per heavy atom. The number of anilines is 1. The number of aryl methyl sites for hydroxylation is 1. The average molecular weight is 210 g/mol. The van der Waals surface area contributed by atoms with Gasteiger partial charge < -0.3 is 10.6 Å². The summed E-state index contributed by atoms with van der Waals surface area (Å²) in [7, 11) is 0. The van der Waals surface area contributed by atoms with Gasteiger partial charge in [-0.25, -0.2) is 14.4 Å². The molecule has 4 nitrogen and oxygen atoms in total. The van der Waals surface area contributed by atoms with E-state index in [0.717, 1.165) is 19.5 Å². The Morgan fingerprint density at radius 3 is 3.07 bits per heavy atom. The third-order valence-corrected chi connectivity index (χ3v) is 2.86. The van der Waals surface area contributed by atoms with E-state index in [1.54, 1.807) is 6.92 Å². The molecule has 1 saturated heterocycles. The zero-order chi connectivity index (χ0) is 10.8. The van der Waals surface area contributed by atoms with Crippen LogP contribution in [0.4, 0.5) is 10.2 Å². The first-order valence-electron chi connectivity index (χ1n) is 5.14. The molecule has 0 aromatic carbocycles. The van der Waals surface area contributed by atoms with Crippen LogP contribution in [0.15, 0.2) is 6.33 Å². The Kier molecular flexibility index (Phi) is 2.81. The largest absolute Gasteiger partial charge is 0.354 e. The average Bonchev–Trinajstić information content (AvgIpc) is 2.70. The van der Waals surface area contributed by atoms with E-state index < -0.39 is 0 Å². The van der Waals surface area contributed by atoms with Gasteiger partial charge in [0.25, 0.3) is 0 Å². The molecule has 0 saturated carbocycles. The number of hydrogen-bond acceptors (Lipinski definition) is 4. The zero-order valence-electron chi connectivity index (χ0n) is 8.78. The maximum Gasteiger partial charge on any atom is 0.186 e. The van der Waals surface area contributed by atoms with E-state index in [1.807, 2.05) is 4.90 Å². The Morgan fingerprint density at radius 1 is 1.60 bits per heavy atom. The minimum atomic E-state index is -0.310. The summed E-state index contributed by atoms with van der Waals surface area (Å²) in [6.45, 7) is 3.93. The molecular weight excluding hydrogens is 195 g/mol. The lowest BCUT2D eigenvalue weighted by Crippen LogP contribution is -2.24. The van der Waals surface area contributed by atoms with Crippen LogP contribution in [0.5, 0.6) is 0 Å². The Labute approximate surface area is 88.3 Å². The molecule has 1 atom stereocenters. The first-order chi connectivity index (χ1) is 7.22. The minimum absolute atomic E-state index is 0.310. The molecule has 0 bridgehead atoms. The van der Waals surface area contributed by atoms with Gasteiger partial charge in [-0.15, -0.1) is 0 Å². The standard InChI is InChI=1S/C10H15FN4/c1-7-9(11)10(14-6-13-7)15-3-2-8(4-12)5-15/h6,8H,2-5,12H2,1H3. The summed E-state index contributed by atoms with van der Waals surface area (Å²) in [6, 6.07) is 0. The second kappa shape index (κ2) is 4.10. The number of rotatable bonds is 2. The Bertz CT molecular complexity index is 355. The van der Waals surface area contributed by atoms with Crippen molar-refractivity contribution < 1.29 is 4.39 Å². The molecule has 0 radical (unpaired) electrons. The lowest BCUT2D eigenvalue weighted by atomic mass is 10.1. The Hall–Kier alpha value is -1.23.